The Morgan fingerprint density at radius 1 is 1.56 bits per heavy atom. The van der Waals surface area contributed by atoms with E-state index in [1.165, 1.54) is 12.1 Å². The molecule has 1 atom stereocenters. The summed E-state index contributed by atoms with van der Waals surface area (Å²) in [5.41, 5.74) is 0.627. The molecule has 1 aromatic rings. The third-order valence-corrected chi connectivity index (χ3v) is 2.10. The van der Waals surface area contributed by atoms with E-state index in [0.717, 1.165) is 0 Å². The van der Waals surface area contributed by atoms with Crippen LogP contribution < -0.4 is 10.6 Å². The van der Waals surface area contributed by atoms with Gasteiger partial charge in [0.2, 0.25) is 0 Å². The summed E-state index contributed by atoms with van der Waals surface area (Å²) in [4.78, 5) is 0. The van der Waals surface area contributed by atoms with E-state index in [1.54, 1.807) is 19.2 Å². The molecule has 0 bridgehead atoms. The van der Waals surface area contributed by atoms with Crippen LogP contribution in [0.5, 0.6) is 0 Å². The van der Waals surface area contributed by atoms with Gasteiger partial charge in [0, 0.05) is 18.8 Å². The number of nitrogens with one attached hydrogen (secondary N) is 2. The van der Waals surface area contributed by atoms with Crippen molar-refractivity contribution in [2.45, 2.75) is 13.0 Å². The number of methoxy groups -OCH3 is 1. The predicted molar refractivity (Wildman–Crippen MR) is 67.1 cm³/mol. The summed E-state index contributed by atoms with van der Waals surface area (Å²) in [7, 11) is 1.63. The molecule has 0 aliphatic heterocycles. The molecule has 2 N–H and O–H groups in total. The van der Waals surface area contributed by atoms with Gasteiger partial charge in [-0.25, -0.2) is 4.39 Å². The summed E-state index contributed by atoms with van der Waals surface area (Å²) in [6.45, 7) is 2.51. The lowest BCUT2D eigenvalue weighted by Crippen LogP contribution is -2.38. The molecule has 16 heavy (non-hydrogen) atoms. The first-order valence-corrected chi connectivity index (χ1v) is 5.34. The molecule has 0 heterocycles. The van der Waals surface area contributed by atoms with Gasteiger partial charge in [0.05, 0.1) is 6.61 Å². The van der Waals surface area contributed by atoms with Crippen LogP contribution in [0.2, 0.25) is 0 Å². The molecule has 3 nitrogen and oxygen atoms in total. The van der Waals surface area contributed by atoms with Gasteiger partial charge in [0.15, 0.2) is 5.11 Å². The molecule has 0 spiro atoms. The molecule has 0 aromatic heterocycles. The summed E-state index contributed by atoms with van der Waals surface area (Å²) in [6, 6.07) is 6.25. The van der Waals surface area contributed by atoms with Crippen LogP contribution in [0.15, 0.2) is 24.3 Å². The molecule has 0 saturated carbocycles. The van der Waals surface area contributed by atoms with Crippen LogP contribution in [0, 0.1) is 5.82 Å². The zero-order valence-electron chi connectivity index (χ0n) is 9.29. The van der Waals surface area contributed by atoms with Crippen LogP contribution in [0.4, 0.5) is 10.1 Å². The minimum absolute atomic E-state index is 0.110. The molecule has 1 unspecified atom stereocenters. The van der Waals surface area contributed by atoms with E-state index in [0.29, 0.717) is 17.4 Å². The van der Waals surface area contributed by atoms with Gasteiger partial charge in [-0.3, -0.25) is 0 Å². The fraction of sp³-hybridized carbons (Fsp3) is 0.364. The predicted octanol–water partition coefficient (Wildman–Crippen LogP) is 2.15. The van der Waals surface area contributed by atoms with Gasteiger partial charge in [-0.15, -0.1) is 0 Å². The van der Waals surface area contributed by atoms with E-state index in [1.807, 2.05) is 6.92 Å². The lowest BCUT2D eigenvalue weighted by Gasteiger charge is -2.16. The van der Waals surface area contributed by atoms with Crippen LogP contribution in [0.1, 0.15) is 6.92 Å². The molecule has 0 aliphatic rings. The molecular formula is C11H15FN2OS. The Hall–Kier alpha value is -1.20. The van der Waals surface area contributed by atoms with Crippen LogP contribution >= 0.6 is 12.2 Å². The van der Waals surface area contributed by atoms with Crippen LogP contribution in [-0.2, 0) is 4.74 Å². The van der Waals surface area contributed by atoms with Gasteiger partial charge in [-0.05, 0) is 37.3 Å². The second kappa shape index (κ2) is 6.40. The zero-order valence-corrected chi connectivity index (χ0v) is 10.1. The quantitative estimate of drug-likeness (QED) is 0.793. The van der Waals surface area contributed by atoms with E-state index in [4.69, 9.17) is 17.0 Å². The Kier molecular flexibility index (Phi) is 5.14. The van der Waals surface area contributed by atoms with Crippen molar-refractivity contribution in [2.75, 3.05) is 19.0 Å². The van der Waals surface area contributed by atoms with Crippen molar-refractivity contribution in [3.8, 4) is 0 Å². The topological polar surface area (TPSA) is 33.3 Å². The highest BCUT2D eigenvalue weighted by atomic mass is 32.1. The van der Waals surface area contributed by atoms with Gasteiger partial charge in [0.25, 0.3) is 0 Å². The summed E-state index contributed by atoms with van der Waals surface area (Å²) < 4.78 is 17.8. The minimum atomic E-state index is -0.294. The molecule has 88 valence electrons. The molecule has 1 aromatic carbocycles. The zero-order chi connectivity index (χ0) is 12.0. The molecule has 0 radical (unpaired) electrons. The Bertz CT molecular complexity index is 360. The lowest BCUT2D eigenvalue weighted by atomic mass is 10.3. The summed E-state index contributed by atoms with van der Waals surface area (Å²) >= 11 is 5.07. The van der Waals surface area contributed by atoms with E-state index >= 15 is 0 Å². The minimum Gasteiger partial charge on any atom is -0.383 e. The highest BCUT2D eigenvalue weighted by Crippen LogP contribution is 2.08. The number of hydrogen-bond acceptors (Lipinski definition) is 2. The number of ether oxygens (including phenoxy) is 1. The fourth-order valence-electron chi connectivity index (χ4n) is 1.25. The van der Waals surface area contributed by atoms with Crippen molar-refractivity contribution in [3.05, 3.63) is 30.1 Å². The first-order valence-electron chi connectivity index (χ1n) is 4.94. The molecular weight excluding hydrogens is 227 g/mol. The molecule has 0 aliphatic carbocycles. The first kappa shape index (κ1) is 12.9. The second-order valence-corrected chi connectivity index (χ2v) is 3.87. The molecule has 0 fully saturated rings. The van der Waals surface area contributed by atoms with Crippen molar-refractivity contribution in [1.82, 2.24) is 5.32 Å². The third kappa shape index (κ3) is 4.55. The smallest absolute Gasteiger partial charge is 0.171 e. The number of rotatable bonds is 4. The lowest BCUT2D eigenvalue weighted by molar-refractivity contribution is 0.179. The number of anilines is 1. The van der Waals surface area contributed by atoms with Crippen LogP contribution in [0.25, 0.3) is 0 Å². The first-order chi connectivity index (χ1) is 7.61. The average Bonchev–Trinajstić information content (AvgIpc) is 2.17. The highest BCUT2D eigenvalue weighted by molar-refractivity contribution is 7.80. The maximum absolute atomic E-state index is 12.9. The van der Waals surface area contributed by atoms with E-state index in [9.17, 15) is 4.39 Å². The third-order valence-electron chi connectivity index (χ3n) is 1.88. The second-order valence-electron chi connectivity index (χ2n) is 3.47. The van der Waals surface area contributed by atoms with Crippen molar-refractivity contribution in [2.24, 2.45) is 0 Å². The average molecular weight is 242 g/mol. The molecule has 1 rings (SSSR count). The van der Waals surface area contributed by atoms with Crippen LogP contribution in [0.3, 0.4) is 0 Å². The summed E-state index contributed by atoms with van der Waals surface area (Å²) in [5, 5.41) is 6.37. The fourth-order valence-corrected chi connectivity index (χ4v) is 1.57. The number of hydrogen-bond donors (Lipinski definition) is 2. The Labute approximate surface area is 100.0 Å². The van der Waals surface area contributed by atoms with E-state index in [2.05, 4.69) is 10.6 Å². The Morgan fingerprint density at radius 2 is 2.31 bits per heavy atom. The van der Waals surface area contributed by atoms with E-state index in [-0.39, 0.29) is 11.9 Å². The summed E-state index contributed by atoms with van der Waals surface area (Å²) in [5.74, 6) is -0.294. The number of benzene rings is 1. The SMILES string of the molecule is COCC(C)NC(=S)Nc1cccc(F)c1. The van der Waals surface area contributed by atoms with Crippen molar-refractivity contribution in [1.29, 1.82) is 0 Å². The van der Waals surface area contributed by atoms with Crippen LogP contribution in [-0.4, -0.2) is 24.9 Å². The van der Waals surface area contributed by atoms with Gasteiger partial charge < -0.3 is 15.4 Å². The van der Waals surface area contributed by atoms with Gasteiger partial charge in [-0.1, -0.05) is 6.07 Å². The highest BCUT2D eigenvalue weighted by Gasteiger charge is 2.03. The maximum atomic E-state index is 12.9. The van der Waals surface area contributed by atoms with Gasteiger partial charge in [-0.2, -0.15) is 0 Å². The van der Waals surface area contributed by atoms with Crippen molar-refractivity contribution in [3.63, 3.8) is 0 Å². The Morgan fingerprint density at radius 3 is 2.94 bits per heavy atom. The monoisotopic (exact) mass is 242 g/mol. The van der Waals surface area contributed by atoms with Gasteiger partial charge in [0.1, 0.15) is 5.82 Å². The largest absolute Gasteiger partial charge is 0.383 e. The molecule has 0 amide bonds. The molecule has 5 heteroatoms. The van der Waals surface area contributed by atoms with E-state index < -0.39 is 0 Å². The Balaban J connectivity index is 2.45. The van der Waals surface area contributed by atoms with Crippen molar-refractivity contribution < 1.29 is 9.13 Å². The standard InChI is InChI=1S/C11H15FN2OS/c1-8(7-15-2)13-11(16)14-10-5-3-4-9(12)6-10/h3-6,8H,7H2,1-2H3,(H2,13,14,16). The number of thiocarbonyl (C=S) groups is 1. The molecule has 0 saturated heterocycles. The van der Waals surface area contributed by atoms with Crippen molar-refractivity contribution >= 4 is 23.0 Å². The van der Waals surface area contributed by atoms with Gasteiger partial charge >= 0.3 is 0 Å². The number of halogens is 1. The normalized spacial score (nSPS) is 11.9. The summed E-state index contributed by atoms with van der Waals surface area (Å²) in [6.07, 6.45) is 0. The maximum Gasteiger partial charge on any atom is 0.171 e.